The molecule has 0 aromatic heterocycles. The second kappa shape index (κ2) is 5.02. The summed E-state index contributed by atoms with van der Waals surface area (Å²) in [4.78, 5) is 0. The van der Waals surface area contributed by atoms with Crippen LogP contribution in [0, 0.1) is 5.92 Å². The van der Waals surface area contributed by atoms with E-state index in [2.05, 4.69) is 37.5 Å². The van der Waals surface area contributed by atoms with Crippen LogP contribution >= 0.6 is 0 Å². The Hall–Kier alpha value is -0.860. The summed E-state index contributed by atoms with van der Waals surface area (Å²) in [7, 11) is 2.07. The molecule has 2 heteroatoms. The van der Waals surface area contributed by atoms with Gasteiger partial charge in [-0.05, 0) is 56.3 Å². The molecule has 1 saturated heterocycles. The molecule has 1 aromatic rings. The van der Waals surface area contributed by atoms with Crippen molar-refractivity contribution in [3.8, 4) is 0 Å². The Morgan fingerprint density at radius 1 is 1.28 bits per heavy atom. The van der Waals surface area contributed by atoms with Crippen molar-refractivity contribution in [1.29, 1.82) is 0 Å². The molecule has 0 radical (unpaired) electrons. The molecule has 1 heterocycles. The molecule has 0 spiro atoms. The topological polar surface area (TPSA) is 21.3 Å². The van der Waals surface area contributed by atoms with Crippen LogP contribution in [0.25, 0.3) is 0 Å². The molecule has 0 amide bonds. The fraction of sp³-hybridized carbons (Fsp3) is 0.625. The molecule has 2 nitrogen and oxygen atoms in total. The van der Waals surface area contributed by atoms with Gasteiger partial charge in [0.25, 0.3) is 0 Å². The molecular formula is C16H23NO. The van der Waals surface area contributed by atoms with E-state index in [1.54, 1.807) is 11.1 Å². The van der Waals surface area contributed by atoms with Crippen molar-refractivity contribution >= 4 is 0 Å². The van der Waals surface area contributed by atoms with E-state index in [0.717, 1.165) is 6.61 Å². The molecule has 18 heavy (non-hydrogen) atoms. The van der Waals surface area contributed by atoms with Gasteiger partial charge in [-0.15, -0.1) is 0 Å². The maximum atomic E-state index is 5.72. The first-order chi connectivity index (χ1) is 8.78. The molecule has 3 unspecified atom stereocenters. The van der Waals surface area contributed by atoms with Crippen LogP contribution in [0.15, 0.2) is 18.2 Å². The third-order valence-electron chi connectivity index (χ3n) is 4.49. The van der Waals surface area contributed by atoms with Gasteiger partial charge in [-0.3, -0.25) is 0 Å². The number of hydrogen-bond donors (Lipinski definition) is 1. The molecule has 98 valence electrons. The van der Waals surface area contributed by atoms with Crippen molar-refractivity contribution in [2.75, 3.05) is 13.7 Å². The van der Waals surface area contributed by atoms with Gasteiger partial charge in [-0.1, -0.05) is 18.2 Å². The summed E-state index contributed by atoms with van der Waals surface area (Å²) in [5.74, 6) is 0.615. The highest BCUT2D eigenvalue weighted by Gasteiger charge is 2.30. The minimum absolute atomic E-state index is 0.417. The SMILES string of the molecule is CNC(c1ccc2c(c1)CCC2)C1COC(C)C1. The van der Waals surface area contributed by atoms with E-state index in [1.807, 2.05) is 0 Å². The van der Waals surface area contributed by atoms with Crippen molar-refractivity contribution in [2.24, 2.45) is 5.92 Å². The van der Waals surface area contributed by atoms with Gasteiger partial charge in [-0.2, -0.15) is 0 Å². The van der Waals surface area contributed by atoms with E-state index in [9.17, 15) is 0 Å². The van der Waals surface area contributed by atoms with E-state index in [4.69, 9.17) is 4.74 Å². The molecule has 0 bridgehead atoms. The van der Waals surface area contributed by atoms with Gasteiger partial charge >= 0.3 is 0 Å². The zero-order valence-corrected chi connectivity index (χ0v) is 11.4. The Kier molecular flexibility index (Phi) is 3.40. The number of hydrogen-bond acceptors (Lipinski definition) is 2. The van der Waals surface area contributed by atoms with Gasteiger partial charge in [-0.25, -0.2) is 0 Å². The van der Waals surface area contributed by atoms with E-state index in [0.29, 0.717) is 18.1 Å². The average molecular weight is 245 g/mol. The molecular weight excluding hydrogens is 222 g/mol. The van der Waals surface area contributed by atoms with Crippen LogP contribution in [-0.2, 0) is 17.6 Å². The van der Waals surface area contributed by atoms with E-state index >= 15 is 0 Å². The number of rotatable bonds is 3. The van der Waals surface area contributed by atoms with Crippen LogP contribution in [0.1, 0.15) is 42.5 Å². The number of benzene rings is 1. The zero-order chi connectivity index (χ0) is 12.5. The number of ether oxygens (including phenoxy) is 1. The first-order valence-corrected chi connectivity index (χ1v) is 7.18. The minimum atomic E-state index is 0.417. The van der Waals surface area contributed by atoms with Crippen LogP contribution < -0.4 is 5.32 Å². The normalized spacial score (nSPS) is 28.3. The number of fused-ring (bicyclic) bond motifs is 1. The third kappa shape index (κ3) is 2.19. The second-order valence-corrected chi connectivity index (χ2v) is 5.79. The molecule has 3 rings (SSSR count). The van der Waals surface area contributed by atoms with Crippen molar-refractivity contribution in [3.63, 3.8) is 0 Å². The monoisotopic (exact) mass is 245 g/mol. The van der Waals surface area contributed by atoms with Gasteiger partial charge in [0.2, 0.25) is 0 Å². The summed E-state index contributed by atoms with van der Waals surface area (Å²) in [5, 5.41) is 3.49. The molecule has 1 aliphatic heterocycles. The first kappa shape index (κ1) is 12.2. The highest BCUT2D eigenvalue weighted by molar-refractivity contribution is 5.36. The lowest BCUT2D eigenvalue weighted by molar-refractivity contribution is 0.117. The molecule has 1 N–H and O–H groups in total. The highest BCUT2D eigenvalue weighted by atomic mass is 16.5. The summed E-state index contributed by atoms with van der Waals surface area (Å²) in [6.07, 6.45) is 5.44. The van der Waals surface area contributed by atoms with Crippen molar-refractivity contribution < 1.29 is 4.74 Å². The standard InChI is InChI=1S/C16H23NO/c1-11-8-15(10-18-11)16(17-2)14-7-6-12-4-3-5-13(12)9-14/h6-7,9,11,15-17H,3-5,8,10H2,1-2H3. The number of aryl methyl sites for hydroxylation is 2. The maximum Gasteiger partial charge on any atom is 0.0551 e. The Morgan fingerprint density at radius 2 is 2.11 bits per heavy atom. The fourth-order valence-corrected chi connectivity index (χ4v) is 3.54. The van der Waals surface area contributed by atoms with Crippen LogP contribution in [0.2, 0.25) is 0 Å². The Balaban J connectivity index is 1.83. The lowest BCUT2D eigenvalue weighted by Gasteiger charge is -2.23. The fourth-order valence-electron chi connectivity index (χ4n) is 3.54. The van der Waals surface area contributed by atoms with Gasteiger partial charge in [0.1, 0.15) is 0 Å². The quantitative estimate of drug-likeness (QED) is 0.884. The smallest absolute Gasteiger partial charge is 0.0551 e. The van der Waals surface area contributed by atoms with E-state index in [1.165, 1.54) is 31.2 Å². The van der Waals surface area contributed by atoms with Crippen molar-refractivity contribution in [1.82, 2.24) is 5.32 Å². The minimum Gasteiger partial charge on any atom is -0.378 e. The zero-order valence-electron chi connectivity index (χ0n) is 11.4. The summed E-state index contributed by atoms with van der Waals surface area (Å²) in [6, 6.07) is 7.52. The Morgan fingerprint density at radius 3 is 2.83 bits per heavy atom. The highest BCUT2D eigenvalue weighted by Crippen LogP contribution is 2.33. The largest absolute Gasteiger partial charge is 0.378 e. The molecule has 2 aliphatic rings. The Labute approximate surface area is 110 Å². The predicted molar refractivity (Wildman–Crippen MR) is 73.8 cm³/mol. The molecule has 1 fully saturated rings. The summed E-state index contributed by atoms with van der Waals surface area (Å²) in [5.41, 5.74) is 4.57. The summed E-state index contributed by atoms with van der Waals surface area (Å²) >= 11 is 0. The Bertz CT molecular complexity index is 429. The van der Waals surface area contributed by atoms with Gasteiger partial charge in [0.05, 0.1) is 12.7 Å². The molecule has 1 aliphatic carbocycles. The lowest BCUT2D eigenvalue weighted by atomic mass is 9.89. The maximum absolute atomic E-state index is 5.72. The predicted octanol–water partition coefficient (Wildman–Crippen LogP) is 2.86. The van der Waals surface area contributed by atoms with Crippen LogP contribution in [-0.4, -0.2) is 19.8 Å². The van der Waals surface area contributed by atoms with Gasteiger partial charge in [0.15, 0.2) is 0 Å². The molecule has 0 saturated carbocycles. The second-order valence-electron chi connectivity index (χ2n) is 5.79. The van der Waals surface area contributed by atoms with Crippen LogP contribution in [0.4, 0.5) is 0 Å². The average Bonchev–Trinajstić information content (AvgIpc) is 2.99. The van der Waals surface area contributed by atoms with Gasteiger partial charge in [0, 0.05) is 12.0 Å². The summed E-state index contributed by atoms with van der Waals surface area (Å²) in [6.45, 7) is 3.07. The van der Waals surface area contributed by atoms with E-state index in [-0.39, 0.29) is 0 Å². The molecule has 3 atom stereocenters. The van der Waals surface area contributed by atoms with Crippen LogP contribution in [0.3, 0.4) is 0 Å². The third-order valence-corrected chi connectivity index (χ3v) is 4.49. The van der Waals surface area contributed by atoms with E-state index < -0.39 is 0 Å². The summed E-state index contributed by atoms with van der Waals surface area (Å²) < 4.78 is 5.72. The number of nitrogens with one attached hydrogen (secondary N) is 1. The van der Waals surface area contributed by atoms with Crippen molar-refractivity contribution in [3.05, 3.63) is 34.9 Å². The first-order valence-electron chi connectivity index (χ1n) is 7.18. The van der Waals surface area contributed by atoms with Crippen LogP contribution in [0.5, 0.6) is 0 Å². The lowest BCUT2D eigenvalue weighted by Crippen LogP contribution is -2.25. The van der Waals surface area contributed by atoms with Gasteiger partial charge < -0.3 is 10.1 Å². The molecule has 1 aromatic carbocycles. The van der Waals surface area contributed by atoms with Crippen molar-refractivity contribution in [2.45, 2.75) is 44.8 Å².